The van der Waals surface area contributed by atoms with E-state index in [0.717, 1.165) is 24.2 Å². The molecule has 2 amide bonds. The summed E-state index contributed by atoms with van der Waals surface area (Å²) in [6, 6.07) is 7.99. The lowest BCUT2D eigenvalue weighted by Gasteiger charge is -2.33. The highest BCUT2D eigenvalue weighted by Crippen LogP contribution is 2.20. The van der Waals surface area contributed by atoms with E-state index in [-0.39, 0.29) is 23.3 Å². The first-order chi connectivity index (χ1) is 11.8. The highest BCUT2D eigenvalue weighted by Gasteiger charge is 2.27. The Morgan fingerprint density at radius 3 is 2.44 bits per heavy atom. The van der Waals surface area contributed by atoms with Crippen LogP contribution in [0.5, 0.6) is 5.75 Å². The van der Waals surface area contributed by atoms with Gasteiger partial charge in [0.05, 0.1) is 7.11 Å². The van der Waals surface area contributed by atoms with Crippen LogP contribution in [-0.4, -0.2) is 43.0 Å². The fourth-order valence-electron chi connectivity index (χ4n) is 2.98. The smallest absolute Gasteiger partial charge is 0.225 e. The van der Waals surface area contributed by atoms with Crippen LogP contribution in [0.3, 0.4) is 0 Å². The lowest BCUT2D eigenvalue weighted by Crippen LogP contribution is -2.49. The Labute approximate surface area is 150 Å². The number of ether oxygens (including phenoxy) is 1. The van der Waals surface area contributed by atoms with Gasteiger partial charge in [-0.15, -0.1) is 0 Å². The van der Waals surface area contributed by atoms with Crippen molar-refractivity contribution in [3.05, 3.63) is 29.8 Å². The molecule has 1 fully saturated rings. The molecule has 0 aromatic heterocycles. The Hall–Kier alpha value is -2.04. The third-order valence-corrected chi connectivity index (χ3v) is 4.66. The van der Waals surface area contributed by atoms with E-state index >= 15 is 0 Å². The summed E-state index contributed by atoms with van der Waals surface area (Å²) in [4.78, 5) is 26.4. The maximum Gasteiger partial charge on any atom is 0.225 e. The molecule has 1 aromatic rings. The zero-order valence-electron chi connectivity index (χ0n) is 15.8. The van der Waals surface area contributed by atoms with Gasteiger partial charge in [-0.3, -0.25) is 9.59 Å². The van der Waals surface area contributed by atoms with Gasteiger partial charge in [-0.2, -0.15) is 0 Å². The van der Waals surface area contributed by atoms with Crippen molar-refractivity contribution in [1.82, 2.24) is 10.2 Å². The Morgan fingerprint density at radius 1 is 1.20 bits per heavy atom. The Kier molecular flexibility index (Phi) is 6.45. The molecule has 1 N–H and O–H groups in total. The zero-order chi connectivity index (χ0) is 18.4. The van der Waals surface area contributed by atoms with Crippen LogP contribution in [-0.2, 0) is 16.0 Å². The van der Waals surface area contributed by atoms with Crippen LogP contribution in [0.25, 0.3) is 0 Å². The SMILES string of the molecule is COc1ccccc1CCC(=O)N1CCC(NC(=O)C(C)(C)C)CC1. The van der Waals surface area contributed by atoms with Crippen molar-refractivity contribution in [3.8, 4) is 5.75 Å². The summed E-state index contributed by atoms with van der Waals surface area (Å²) >= 11 is 0. The Bertz CT molecular complexity index is 599. The number of benzene rings is 1. The van der Waals surface area contributed by atoms with Gasteiger partial charge in [-0.25, -0.2) is 0 Å². The number of nitrogens with zero attached hydrogens (tertiary/aromatic N) is 1. The van der Waals surface area contributed by atoms with Gasteiger partial charge in [0.25, 0.3) is 0 Å². The highest BCUT2D eigenvalue weighted by atomic mass is 16.5. The standard InChI is InChI=1S/C20H30N2O3/c1-20(2,3)19(24)21-16-11-13-22(14-12-16)18(23)10-9-15-7-5-6-8-17(15)25-4/h5-8,16H,9-14H2,1-4H3,(H,21,24). The fourth-order valence-corrected chi connectivity index (χ4v) is 2.98. The maximum absolute atomic E-state index is 12.5. The van der Waals surface area contributed by atoms with Gasteiger partial charge in [0.15, 0.2) is 0 Å². The molecule has 0 aliphatic carbocycles. The van der Waals surface area contributed by atoms with Gasteiger partial charge < -0.3 is 15.0 Å². The molecule has 2 rings (SSSR count). The van der Waals surface area contributed by atoms with E-state index < -0.39 is 0 Å². The third-order valence-electron chi connectivity index (χ3n) is 4.66. The van der Waals surface area contributed by atoms with Gasteiger partial charge >= 0.3 is 0 Å². The van der Waals surface area contributed by atoms with Crippen LogP contribution in [0.2, 0.25) is 0 Å². The lowest BCUT2D eigenvalue weighted by atomic mass is 9.94. The molecule has 0 radical (unpaired) electrons. The van der Waals surface area contributed by atoms with Crippen molar-refractivity contribution in [1.29, 1.82) is 0 Å². The van der Waals surface area contributed by atoms with Gasteiger partial charge in [0.1, 0.15) is 5.75 Å². The fraction of sp³-hybridized carbons (Fsp3) is 0.600. The molecule has 1 aliphatic rings. The second kappa shape index (κ2) is 8.37. The monoisotopic (exact) mass is 346 g/mol. The third kappa shape index (κ3) is 5.48. The first-order valence-electron chi connectivity index (χ1n) is 9.02. The minimum atomic E-state index is -0.373. The molecular formula is C20H30N2O3. The van der Waals surface area contributed by atoms with E-state index in [2.05, 4.69) is 5.32 Å². The number of carbonyl (C=O) groups is 2. The van der Waals surface area contributed by atoms with E-state index in [1.807, 2.05) is 49.9 Å². The number of methoxy groups -OCH3 is 1. The molecule has 25 heavy (non-hydrogen) atoms. The molecule has 1 aliphatic heterocycles. The molecule has 0 spiro atoms. The summed E-state index contributed by atoms with van der Waals surface area (Å²) < 4.78 is 5.34. The van der Waals surface area contributed by atoms with Crippen LogP contribution < -0.4 is 10.1 Å². The molecule has 5 heteroatoms. The van der Waals surface area contributed by atoms with Crippen molar-refractivity contribution < 1.29 is 14.3 Å². The van der Waals surface area contributed by atoms with Crippen LogP contribution in [0, 0.1) is 5.41 Å². The Morgan fingerprint density at radius 2 is 1.84 bits per heavy atom. The van der Waals surface area contributed by atoms with E-state index in [1.165, 1.54) is 0 Å². The number of hydrogen-bond donors (Lipinski definition) is 1. The molecule has 0 bridgehead atoms. The highest BCUT2D eigenvalue weighted by molar-refractivity contribution is 5.81. The van der Waals surface area contributed by atoms with Crippen LogP contribution >= 0.6 is 0 Å². The number of carbonyl (C=O) groups excluding carboxylic acids is 2. The van der Waals surface area contributed by atoms with Crippen molar-refractivity contribution in [2.24, 2.45) is 5.41 Å². The molecule has 138 valence electrons. The molecule has 1 aromatic carbocycles. The number of hydrogen-bond acceptors (Lipinski definition) is 3. The van der Waals surface area contributed by atoms with Gasteiger partial charge in [0.2, 0.25) is 11.8 Å². The number of likely N-dealkylation sites (tertiary alicyclic amines) is 1. The summed E-state index contributed by atoms with van der Waals surface area (Å²) in [5.41, 5.74) is 0.687. The summed E-state index contributed by atoms with van der Waals surface area (Å²) in [6.45, 7) is 7.16. The zero-order valence-corrected chi connectivity index (χ0v) is 15.8. The van der Waals surface area contributed by atoms with E-state index in [1.54, 1.807) is 7.11 Å². The van der Waals surface area contributed by atoms with Crippen LogP contribution in [0.1, 0.15) is 45.6 Å². The predicted octanol–water partition coefficient (Wildman–Crippen LogP) is 2.78. The number of aryl methyl sites for hydroxylation is 1. The maximum atomic E-state index is 12.5. The lowest BCUT2D eigenvalue weighted by molar-refractivity contribution is -0.132. The summed E-state index contributed by atoms with van der Waals surface area (Å²) in [6.07, 6.45) is 2.81. The number of nitrogens with one attached hydrogen (secondary N) is 1. The normalized spacial score (nSPS) is 15.8. The number of rotatable bonds is 5. The van der Waals surface area contributed by atoms with Gasteiger partial charge in [-0.1, -0.05) is 39.0 Å². The molecule has 1 saturated heterocycles. The molecule has 0 atom stereocenters. The van der Waals surface area contributed by atoms with Crippen molar-refractivity contribution in [2.45, 2.75) is 52.5 Å². The van der Waals surface area contributed by atoms with Gasteiger partial charge in [-0.05, 0) is 30.9 Å². The summed E-state index contributed by atoms with van der Waals surface area (Å²) in [5.74, 6) is 1.08. The van der Waals surface area contributed by atoms with Gasteiger partial charge in [0, 0.05) is 31.0 Å². The molecule has 0 saturated carbocycles. The largest absolute Gasteiger partial charge is 0.496 e. The summed E-state index contributed by atoms with van der Waals surface area (Å²) in [7, 11) is 1.65. The van der Waals surface area contributed by atoms with E-state index in [9.17, 15) is 9.59 Å². The molecular weight excluding hydrogens is 316 g/mol. The molecule has 0 unspecified atom stereocenters. The first-order valence-corrected chi connectivity index (χ1v) is 9.02. The Balaban J connectivity index is 1.78. The average Bonchev–Trinajstić information content (AvgIpc) is 2.59. The number of piperidine rings is 1. The first kappa shape index (κ1) is 19.3. The minimum absolute atomic E-state index is 0.0773. The number of para-hydroxylation sites is 1. The predicted molar refractivity (Wildman–Crippen MR) is 98.5 cm³/mol. The quantitative estimate of drug-likeness (QED) is 0.892. The topological polar surface area (TPSA) is 58.6 Å². The van der Waals surface area contributed by atoms with Crippen LogP contribution in [0.15, 0.2) is 24.3 Å². The van der Waals surface area contributed by atoms with Crippen molar-refractivity contribution in [2.75, 3.05) is 20.2 Å². The minimum Gasteiger partial charge on any atom is -0.496 e. The summed E-state index contributed by atoms with van der Waals surface area (Å²) in [5, 5.41) is 3.10. The van der Waals surface area contributed by atoms with E-state index in [0.29, 0.717) is 25.9 Å². The van der Waals surface area contributed by atoms with Crippen molar-refractivity contribution in [3.63, 3.8) is 0 Å². The number of amides is 2. The van der Waals surface area contributed by atoms with Crippen molar-refractivity contribution >= 4 is 11.8 Å². The average molecular weight is 346 g/mol. The molecule has 1 heterocycles. The van der Waals surface area contributed by atoms with Crippen LogP contribution in [0.4, 0.5) is 0 Å². The second-order valence-corrected chi connectivity index (χ2v) is 7.69. The van der Waals surface area contributed by atoms with E-state index in [4.69, 9.17) is 4.74 Å². The molecule has 5 nitrogen and oxygen atoms in total. The second-order valence-electron chi connectivity index (χ2n) is 7.69.